The summed E-state index contributed by atoms with van der Waals surface area (Å²) in [6, 6.07) is 6.81. The van der Waals surface area contributed by atoms with Gasteiger partial charge in [-0.2, -0.15) is 0 Å². The number of hydrogen-bond donors (Lipinski definition) is 4. The number of amides is 1. The van der Waals surface area contributed by atoms with E-state index in [2.05, 4.69) is 20.8 Å². The predicted molar refractivity (Wildman–Crippen MR) is 96.9 cm³/mol. The van der Waals surface area contributed by atoms with E-state index in [0.717, 1.165) is 5.56 Å². The SMILES string of the molecule is NC(CCCCB(O)O)c1nnnn1CC(=O)NCc1cccc(Cl)c1. The van der Waals surface area contributed by atoms with Crippen LogP contribution in [0.25, 0.3) is 0 Å². The fraction of sp³-hybridized carbons (Fsp3) is 0.467. The zero-order valence-electron chi connectivity index (χ0n) is 14.3. The molecule has 0 aliphatic heterocycles. The van der Waals surface area contributed by atoms with Crippen molar-refractivity contribution in [3.05, 3.63) is 40.7 Å². The van der Waals surface area contributed by atoms with E-state index < -0.39 is 13.2 Å². The highest BCUT2D eigenvalue weighted by Crippen LogP contribution is 2.15. The van der Waals surface area contributed by atoms with Crippen molar-refractivity contribution in [2.75, 3.05) is 0 Å². The van der Waals surface area contributed by atoms with Crippen LogP contribution in [0.3, 0.4) is 0 Å². The van der Waals surface area contributed by atoms with Crippen LogP contribution in [0.2, 0.25) is 11.3 Å². The van der Waals surface area contributed by atoms with Gasteiger partial charge in [-0.15, -0.1) is 5.10 Å². The Labute approximate surface area is 156 Å². The normalized spacial score (nSPS) is 12.0. The largest absolute Gasteiger partial charge is 0.451 e. The predicted octanol–water partition coefficient (Wildman–Crippen LogP) is 0.286. The summed E-state index contributed by atoms with van der Waals surface area (Å²) in [5.74, 6) is 0.182. The Morgan fingerprint density at radius 1 is 1.38 bits per heavy atom. The van der Waals surface area contributed by atoms with Crippen LogP contribution >= 0.6 is 11.6 Å². The third kappa shape index (κ3) is 6.72. The van der Waals surface area contributed by atoms with Crippen molar-refractivity contribution in [3.63, 3.8) is 0 Å². The average Bonchev–Trinajstić information content (AvgIpc) is 3.05. The highest BCUT2D eigenvalue weighted by atomic mass is 35.5. The lowest BCUT2D eigenvalue weighted by molar-refractivity contribution is -0.122. The van der Waals surface area contributed by atoms with Crippen LogP contribution in [0, 0.1) is 0 Å². The van der Waals surface area contributed by atoms with Gasteiger partial charge in [-0.1, -0.05) is 36.6 Å². The Morgan fingerprint density at radius 2 is 2.19 bits per heavy atom. The summed E-state index contributed by atoms with van der Waals surface area (Å²) in [6.45, 7) is 0.318. The van der Waals surface area contributed by atoms with Crippen molar-refractivity contribution < 1.29 is 14.8 Å². The lowest BCUT2D eigenvalue weighted by Crippen LogP contribution is -2.29. The maximum absolute atomic E-state index is 12.1. The Kier molecular flexibility index (Phi) is 7.98. The number of unbranched alkanes of at least 4 members (excludes halogenated alkanes) is 1. The Balaban J connectivity index is 1.82. The highest BCUT2D eigenvalue weighted by molar-refractivity contribution is 6.40. The number of nitrogens with one attached hydrogen (secondary N) is 1. The lowest BCUT2D eigenvalue weighted by atomic mass is 9.83. The van der Waals surface area contributed by atoms with Gasteiger partial charge in [-0.05, 0) is 40.9 Å². The Hall–Kier alpha value is -2.01. The molecule has 0 aliphatic carbocycles. The van der Waals surface area contributed by atoms with Crippen LogP contribution in [0.5, 0.6) is 0 Å². The summed E-state index contributed by atoms with van der Waals surface area (Å²) in [6.07, 6.45) is 2.21. The molecule has 0 radical (unpaired) electrons. The van der Waals surface area contributed by atoms with Gasteiger partial charge in [0.25, 0.3) is 0 Å². The molecule has 9 nitrogen and oxygen atoms in total. The molecule has 5 N–H and O–H groups in total. The number of halogens is 1. The maximum Gasteiger partial charge on any atom is 0.451 e. The van der Waals surface area contributed by atoms with Crippen molar-refractivity contribution in [2.45, 2.75) is 44.7 Å². The molecule has 1 aromatic heterocycles. The van der Waals surface area contributed by atoms with Crippen molar-refractivity contribution >= 4 is 24.6 Å². The first-order chi connectivity index (χ1) is 12.5. The number of hydrogen-bond acceptors (Lipinski definition) is 7. The first-order valence-electron chi connectivity index (χ1n) is 8.34. The van der Waals surface area contributed by atoms with E-state index in [9.17, 15) is 4.79 Å². The molecule has 26 heavy (non-hydrogen) atoms. The molecule has 11 heteroatoms. The molecule has 1 amide bonds. The third-order valence-corrected chi connectivity index (χ3v) is 4.03. The summed E-state index contributed by atoms with van der Waals surface area (Å²) in [5.41, 5.74) is 6.97. The molecule has 0 spiro atoms. The van der Waals surface area contributed by atoms with Crippen LogP contribution in [0.1, 0.15) is 36.7 Å². The molecule has 2 rings (SSSR count). The fourth-order valence-electron chi connectivity index (χ4n) is 2.45. The molecule has 0 saturated heterocycles. The summed E-state index contributed by atoms with van der Waals surface area (Å²) in [5, 5.41) is 32.4. The van der Waals surface area contributed by atoms with Crippen LogP contribution in [0.15, 0.2) is 24.3 Å². The number of benzene rings is 1. The monoisotopic (exact) mass is 380 g/mol. The highest BCUT2D eigenvalue weighted by Gasteiger charge is 2.17. The maximum atomic E-state index is 12.1. The van der Waals surface area contributed by atoms with Gasteiger partial charge in [0.05, 0.1) is 6.04 Å². The fourth-order valence-corrected chi connectivity index (χ4v) is 2.66. The molecule has 2 aromatic rings. The van der Waals surface area contributed by atoms with Gasteiger partial charge >= 0.3 is 7.12 Å². The van der Waals surface area contributed by atoms with Gasteiger partial charge in [0.2, 0.25) is 5.91 Å². The van der Waals surface area contributed by atoms with E-state index in [1.165, 1.54) is 4.68 Å². The standard InChI is InChI=1S/C15H22BClN6O3/c17-12-5-3-4-11(8-12)9-19-14(24)10-23-15(20-21-22-23)13(18)6-1-2-7-16(25)26/h3-5,8,13,25-26H,1-2,6-7,9-10,18H2,(H,19,24). The van der Waals surface area contributed by atoms with Gasteiger partial charge in [0.1, 0.15) is 6.54 Å². The number of carbonyl (C=O) groups is 1. The van der Waals surface area contributed by atoms with E-state index >= 15 is 0 Å². The zero-order chi connectivity index (χ0) is 18.9. The van der Waals surface area contributed by atoms with Crippen molar-refractivity contribution in [1.29, 1.82) is 0 Å². The van der Waals surface area contributed by atoms with Gasteiger partial charge in [-0.3, -0.25) is 4.79 Å². The minimum Gasteiger partial charge on any atom is -0.427 e. The molecule has 1 atom stereocenters. The molecular weight excluding hydrogens is 358 g/mol. The topological polar surface area (TPSA) is 139 Å². The first-order valence-corrected chi connectivity index (χ1v) is 8.72. The van der Waals surface area contributed by atoms with E-state index in [1.807, 2.05) is 12.1 Å². The van der Waals surface area contributed by atoms with E-state index in [1.54, 1.807) is 12.1 Å². The van der Waals surface area contributed by atoms with Crippen LogP contribution < -0.4 is 11.1 Å². The summed E-state index contributed by atoms with van der Waals surface area (Å²) >= 11 is 5.92. The van der Waals surface area contributed by atoms with Crippen LogP contribution in [0.4, 0.5) is 0 Å². The lowest BCUT2D eigenvalue weighted by Gasteiger charge is -2.12. The van der Waals surface area contributed by atoms with Crippen LogP contribution in [-0.2, 0) is 17.9 Å². The van der Waals surface area contributed by atoms with Gasteiger partial charge in [-0.25, -0.2) is 4.68 Å². The second kappa shape index (κ2) is 10.2. The molecule has 1 unspecified atom stereocenters. The van der Waals surface area contributed by atoms with Gasteiger partial charge < -0.3 is 21.1 Å². The quantitative estimate of drug-likeness (QED) is 0.343. The minimum atomic E-state index is -1.31. The number of nitrogens with zero attached hydrogens (tertiary/aromatic N) is 4. The first kappa shape index (κ1) is 20.3. The smallest absolute Gasteiger partial charge is 0.427 e. The second-order valence-electron chi connectivity index (χ2n) is 5.97. The summed E-state index contributed by atoms with van der Waals surface area (Å²) in [7, 11) is -1.31. The number of carbonyl (C=O) groups excluding carboxylic acids is 1. The molecule has 0 aliphatic rings. The second-order valence-corrected chi connectivity index (χ2v) is 6.41. The molecule has 0 bridgehead atoms. The van der Waals surface area contributed by atoms with Crippen LogP contribution in [-0.4, -0.2) is 43.3 Å². The Bertz CT molecular complexity index is 714. The van der Waals surface area contributed by atoms with E-state index in [-0.39, 0.29) is 12.5 Å². The van der Waals surface area contributed by atoms with Crippen molar-refractivity contribution in [2.24, 2.45) is 5.73 Å². The zero-order valence-corrected chi connectivity index (χ0v) is 15.0. The number of tetrazole rings is 1. The van der Waals surface area contributed by atoms with E-state index in [4.69, 9.17) is 27.4 Å². The molecule has 1 aromatic carbocycles. The van der Waals surface area contributed by atoms with Gasteiger partial charge in [0, 0.05) is 11.6 Å². The third-order valence-electron chi connectivity index (χ3n) is 3.79. The molecule has 140 valence electrons. The number of nitrogens with two attached hydrogens (primary N) is 1. The number of aromatic nitrogens is 4. The average molecular weight is 381 g/mol. The molecule has 0 saturated carbocycles. The number of rotatable bonds is 10. The molecule has 0 fully saturated rings. The summed E-state index contributed by atoms with van der Waals surface area (Å²) in [4.78, 5) is 12.1. The molecular formula is C15H22BClN6O3. The summed E-state index contributed by atoms with van der Waals surface area (Å²) < 4.78 is 1.37. The van der Waals surface area contributed by atoms with Crippen molar-refractivity contribution in [1.82, 2.24) is 25.5 Å². The Morgan fingerprint density at radius 3 is 2.92 bits per heavy atom. The minimum absolute atomic E-state index is 0.0358. The molecule has 1 heterocycles. The van der Waals surface area contributed by atoms with E-state index in [0.29, 0.717) is 43.0 Å². The van der Waals surface area contributed by atoms with Crippen molar-refractivity contribution in [3.8, 4) is 0 Å². The van der Waals surface area contributed by atoms with Gasteiger partial charge in [0.15, 0.2) is 5.82 Å².